The SMILES string of the molecule is Cl.NC1CCCCN(c2nn(-c3ccc(Cl)cc3)c(=O)c3ccccc23)C1. The number of anilines is 1. The van der Waals surface area contributed by atoms with Crippen molar-refractivity contribution in [3.05, 3.63) is 63.9 Å². The summed E-state index contributed by atoms with van der Waals surface area (Å²) in [4.78, 5) is 15.2. The first kappa shape index (κ1) is 19.7. The van der Waals surface area contributed by atoms with Gasteiger partial charge >= 0.3 is 0 Å². The van der Waals surface area contributed by atoms with Gasteiger partial charge in [0.2, 0.25) is 0 Å². The minimum absolute atomic E-state index is 0. The molecule has 0 bridgehead atoms. The van der Waals surface area contributed by atoms with Gasteiger partial charge < -0.3 is 10.6 Å². The summed E-state index contributed by atoms with van der Waals surface area (Å²) in [6.45, 7) is 1.64. The zero-order chi connectivity index (χ0) is 18.1. The number of nitrogens with zero attached hydrogens (tertiary/aromatic N) is 3. The summed E-state index contributed by atoms with van der Waals surface area (Å²) in [6, 6.07) is 14.9. The molecule has 3 aromatic rings. The van der Waals surface area contributed by atoms with Crippen LogP contribution in [0.4, 0.5) is 5.82 Å². The molecule has 1 atom stereocenters. The van der Waals surface area contributed by atoms with Gasteiger partial charge in [0.15, 0.2) is 5.82 Å². The maximum absolute atomic E-state index is 13.0. The fourth-order valence-electron chi connectivity index (χ4n) is 3.53. The lowest BCUT2D eigenvalue weighted by molar-refractivity contribution is 0.618. The third-order valence-corrected chi connectivity index (χ3v) is 5.12. The van der Waals surface area contributed by atoms with E-state index in [1.54, 1.807) is 12.1 Å². The van der Waals surface area contributed by atoms with E-state index in [1.807, 2.05) is 36.4 Å². The minimum atomic E-state index is -0.134. The van der Waals surface area contributed by atoms with Crippen LogP contribution in [0.25, 0.3) is 16.5 Å². The first-order chi connectivity index (χ1) is 12.6. The lowest BCUT2D eigenvalue weighted by atomic mass is 10.1. The van der Waals surface area contributed by atoms with Crippen LogP contribution in [0, 0.1) is 0 Å². The zero-order valence-electron chi connectivity index (χ0n) is 14.8. The lowest BCUT2D eigenvalue weighted by Crippen LogP contribution is -2.37. The predicted octanol–water partition coefficient (Wildman–Crippen LogP) is 3.78. The average Bonchev–Trinajstić information content (AvgIpc) is 2.88. The Bertz CT molecular complexity index is 987. The van der Waals surface area contributed by atoms with Gasteiger partial charge in [0.05, 0.1) is 11.1 Å². The third-order valence-electron chi connectivity index (χ3n) is 4.86. The van der Waals surface area contributed by atoms with Crippen molar-refractivity contribution in [2.75, 3.05) is 18.0 Å². The van der Waals surface area contributed by atoms with E-state index in [9.17, 15) is 4.79 Å². The normalized spacial score (nSPS) is 17.4. The van der Waals surface area contributed by atoms with Gasteiger partial charge in [-0.3, -0.25) is 4.79 Å². The van der Waals surface area contributed by atoms with E-state index >= 15 is 0 Å². The maximum atomic E-state index is 13.0. The van der Waals surface area contributed by atoms with Crippen LogP contribution in [0.15, 0.2) is 53.3 Å². The number of aromatic nitrogens is 2. The van der Waals surface area contributed by atoms with Gasteiger partial charge in [-0.05, 0) is 43.2 Å². The molecule has 1 aliphatic heterocycles. The van der Waals surface area contributed by atoms with Crippen molar-refractivity contribution in [2.24, 2.45) is 5.73 Å². The number of nitrogens with two attached hydrogens (primary N) is 1. The molecule has 0 amide bonds. The summed E-state index contributed by atoms with van der Waals surface area (Å²) >= 11 is 5.99. The topological polar surface area (TPSA) is 64.2 Å². The van der Waals surface area contributed by atoms with Crippen molar-refractivity contribution in [3.8, 4) is 5.69 Å². The molecule has 0 radical (unpaired) electrons. The molecule has 4 rings (SSSR count). The van der Waals surface area contributed by atoms with Crippen LogP contribution in [0.2, 0.25) is 5.02 Å². The molecule has 1 fully saturated rings. The summed E-state index contributed by atoms with van der Waals surface area (Å²) < 4.78 is 1.46. The zero-order valence-corrected chi connectivity index (χ0v) is 16.4. The summed E-state index contributed by atoms with van der Waals surface area (Å²) in [5, 5.41) is 6.89. The summed E-state index contributed by atoms with van der Waals surface area (Å²) in [6.07, 6.45) is 3.21. The second-order valence-corrected chi connectivity index (χ2v) is 7.20. The highest BCUT2D eigenvalue weighted by Gasteiger charge is 2.21. The molecule has 27 heavy (non-hydrogen) atoms. The number of hydrogen-bond donors (Lipinski definition) is 1. The molecule has 5 nitrogen and oxygen atoms in total. The smallest absolute Gasteiger partial charge is 0.279 e. The van der Waals surface area contributed by atoms with Crippen LogP contribution >= 0.6 is 24.0 Å². The fourth-order valence-corrected chi connectivity index (χ4v) is 3.66. The van der Waals surface area contributed by atoms with E-state index < -0.39 is 0 Å². The van der Waals surface area contributed by atoms with E-state index in [4.69, 9.17) is 22.4 Å². The second kappa shape index (κ2) is 8.30. The van der Waals surface area contributed by atoms with Crippen LogP contribution < -0.4 is 16.2 Å². The highest BCUT2D eigenvalue weighted by atomic mass is 35.5. The molecule has 142 valence electrons. The number of hydrogen-bond acceptors (Lipinski definition) is 4. The minimum Gasteiger partial charge on any atom is -0.353 e. The van der Waals surface area contributed by atoms with Gasteiger partial charge in [0.25, 0.3) is 5.56 Å². The summed E-state index contributed by atoms with van der Waals surface area (Å²) in [7, 11) is 0. The van der Waals surface area contributed by atoms with Crippen LogP contribution in [0.1, 0.15) is 19.3 Å². The molecule has 0 saturated carbocycles. The van der Waals surface area contributed by atoms with Crippen molar-refractivity contribution >= 4 is 40.6 Å². The van der Waals surface area contributed by atoms with Crippen LogP contribution in [0.3, 0.4) is 0 Å². The van der Waals surface area contributed by atoms with E-state index in [1.165, 1.54) is 4.68 Å². The molecule has 1 aliphatic rings. The van der Waals surface area contributed by atoms with Gasteiger partial charge in [-0.2, -0.15) is 4.68 Å². The Morgan fingerprint density at radius 2 is 1.74 bits per heavy atom. The van der Waals surface area contributed by atoms with Crippen molar-refractivity contribution in [1.82, 2.24) is 9.78 Å². The Morgan fingerprint density at radius 3 is 2.48 bits per heavy atom. The molecule has 2 aromatic carbocycles. The molecule has 2 heterocycles. The third kappa shape index (κ3) is 3.95. The number of rotatable bonds is 2. The fraction of sp³-hybridized carbons (Fsp3) is 0.300. The molecular formula is C20H22Cl2N4O. The molecule has 0 spiro atoms. The van der Waals surface area contributed by atoms with Crippen LogP contribution in [0.5, 0.6) is 0 Å². The van der Waals surface area contributed by atoms with Gasteiger partial charge in [-0.25, -0.2) is 0 Å². The molecule has 2 N–H and O–H groups in total. The Hall–Kier alpha value is -2.08. The average molecular weight is 405 g/mol. The second-order valence-electron chi connectivity index (χ2n) is 6.76. The summed E-state index contributed by atoms with van der Waals surface area (Å²) in [5.41, 5.74) is 6.82. The Labute approximate surface area is 169 Å². The van der Waals surface area contributed by atoms with Gasteiger partial charge in [0, 0.05) is 29.5 Å². The Balaban J connectivity index is 0.00000210. The van der Waals surface area contributed by atoms with E-state index in [2.05, 4.69) is 4.90 Å². The number of fused-ring (bicyclic) bond motifs is 1. The Kier molecular flexibility index (Phi) is 6.05. The van der Waals surface area contributed by atoms with E-state index in [0.717, 1.165) is 43.6 Å². The number of halogens is 2. The van der Waals surface area contributed by atoms with Crippen LogP contribution in [-0.4, -0.2) is 28.9 Å². The lowest BCUT2D eigenvalue weighted by Gasteiger charge is -2.25. The molecule has 1 aromatic heterocycles. The first-order valence-electron chi connectivity index (χ1n) is 8.92. The van der Waals surface area contributed by atoms with Gasteiger partial charge in [-0.15, -0.1) is 17.5 Å². The van der Waals surface area contributed by atoms with E-state index in [-0.39, 0.29) is 24.0 Å². The van der Waals surface area contributed by atoms with Crippen molar-refractivity contribution in [1.29, 1.82) is 0 Å². The molecule has 1 saturated heterocycles. The van der Waals surface area contributed by atoms with Gasteiger partial charge in [0.1, 0.15) is 0 Å². The summed E-state index contributed by atoms with van der Waals surface area (Å²) in [5.74, 6) is 0.813. The maximum Gasteiger partial charge on any atom is 0.279 e. The Morgan fingerprint density at radius 1 is 1.04 bits per heavy atom. The predicted molar refractivity (Wildman–Crippen MR) is 114 cm³/mol. The van der Waals surface area contributed by atoms with Crippen LogP contribution in [-0.2, 0) is 0 Å². The van der Waals surface area contributed by atoms with Crippen molar-refractivity contribution in [3.63, 3.8) is 0 Å². The molecule has 7 heteroatoms. The van der Waals surface area contributed by atoms with E-state index in [0.29, 0.717) is 16.1 Å². The molecule has 0 aliphatic carbocycles. The monoisotopic (exact) mass is 404 g/mol. The van der Waals surface area contributed by atoms with Crippen molar-refractivity contribution < 1.29 is 0 Å². The largest absolute Gasteiger partial charge is 0.353 e. The number of benzene rings is 2. The standard InChI is InChI=1S/C20H21ClN4O.ClH/c21-14-8-10-16(11-9-14)25-20(26)18-7-2-1-6-17(18)19(23-25)24-12-4-3-5-15(22)13-24;/h1-2,6-11,15H,3-5,12-13,22H2;1H. The highest BCUT2D eigenvalue weighted by Crippen LogP contribution is 2.25. The molecular weight excluding hydrogens is 383 g/mol. The quantitative estimate of drug-likeness (QED) is 0.705. The first-order valence-corrected chi connectivity index (χ1v) is 9.30. The van der Waals surface area contributed by atoms with Crippen molar-refractivity contribution in [2.45, 2.75) is 25.3 Å². The molecule has 1 unspecified atom stereocenters. The van der Waals surface area contributed by atoms with Gasteiger partial charge in [-0.1, -0.05) is 36.2 Å². The highest BCUT2D eigenvalue weighted by molar-refractivity contribution is 6.30.